The minimum Gasteiger partial charge on any atom is -0.469 e. The number of nitro benzene ring substituents is 1. The molecule has 0 saturated heterocycles. The number of hydrogen-bond acceptors (Lipinski definition) is 5. The van der Waals surface area contributed by atoms with Crippen molar-refractivity contribution in [3.05, 3.63) is 52.6 Å². The molecule has 112 valence electrons. The molecule has 0 unspecified atom stereocenters. The van der Waals surface area contributed by atoms with Crippen molar-refractivity contribution in [3.63, 3.8) is 0 Å². The monoisotopic (exact) mass is 292 g/mol. The number of methoxy groups -OCH3 is 1. The van der Waals surface area contributed by atoms with E-state index in [4.69, 9.17) is 0 Å². The first-order valence-electron chi connectivity index (χ1n) is 6.21. The highest BCUT2D eigenvalue weighted by Gasteiger charge is 2.17. The van der Waals surface area contributed by atoms with Gasteiger partial charge in [0.25, 0.3) is 11.6 Å². The van der Waals surface area contributed by atoms with Gasteiger partial charge in [-0.2, -0.15) is 0 Å². The van der Waals surface area contributed by atoms with Crippen LogP contribution in [-0.2, 0) is 9.53 Å². The van der Waals surface area contributed by atoms with Crippen LogP contribution in [-0.4, -0.2) is 41.9 Å². The van der Waals surface area contributed by atoms with Crippen LogP contribution in [0.2, 0.25) is 0 Å². The first-order valence-corrected chi connectivity index (χ1v) is 6.21. The van der Waals surface area contributed by atoms with E-state index in [-0.39, 0.29) is 31.1 Å². The lowest BCUT2D eigenvalue weighted by Gasteiger charge is -2.20. The molecule has 0 aromatic heterocycles. The molecule has 0 bridgehead atoms. The fourth-order valence-electron chi connectivity index (χ4n) is 1.67. The second-order valence-corrected chi connectivity index (χ2v) is 4.17. The zero-order valence-corrected chi connectivity index (χ0v) is 11.7. The van der Waals surface area contributed by atoms with Crippen LogP contribution in [0.25, 0.3) is 0 Å². The van der Waals surface area contributed by atoms with Crippen molar-refractivity contribution in [2.75, 3.05) is 20.2 Å². The molecule has 0 atom stereocenters. The Bertz CT molecular complexity index is 539. The molecule has 0 heterocycles. The molecule has 0 fully saturated rings. The minimum atomic E-state index is -0.535. The topological polar surface area (TPSA) is 89.8 Å². The summed E-state index contributed by atoms with van der Waals surface area (Å²) in [5.41, 5.74) is 0.226. The molecule has 1 aromatic carbocycles. The third-order valence-corrected chi connectivity index (χ3v) is 2.78. The average Bonchev–Trinajstić information content (AvgIpc) is 2.50. The summed E-state index contributed by atoms with van der Waals surface area (Å²) in [5, 5.41) is 10.6. The van der Waals surface area contributed by atoms with Crippen LogP contribution in [0.1, 0.15) is 16.8 Å². The van der Waals surface area contributed by atoms with Crippen molar-refractivity contribution in [1.29, 1.82) is 0 Å². The number of nitro groups is 1. The predicted molar refractivity (Wildman–Crippen MR) is 75.8 cm³/mol. The summed E-state index contributed by atoms with van der Waals surface area (Å²) in [4.78, 5) is 34.9. The fourth-order valence-corrected chi connectivity index (χ4v) is 1.67. The third kappa shape index (κ3) is 4.72. The van der Waals surface area contributed by atoms with E-state index in [1.807, 2.05) is 0 Å². The Morgan fingerprint density at radius 2 is 2.00 bits per heavy atom. The molecule has 0 aliphatic rings. The zero-order valence-electron chi connectivity index (χ0n) is 11.7. The number of nitrogens with zero attached hydrogens (tertiary/aromatic N) is 2. The van der Waals surface area contributed by atoms with Crippen LogP contribution < -0.4 is 0 Å². The quantitative estimate of drug-likeness (QED) is 0.331. The van der Waals surface area contributed by atoms with Gasteiger partial charge in [0.05, 0.1) is 18.5 Å². The first-order chi connectivity index (χ1) is 9.99. The van der Waals surface area contributed by atoms with E-state index in [1.54, 1.807) is 6.08 Å². The van der Waals surface area contributed by atoms with Gasteiger partial charge in [-0.1, -0.05) is 6.08 Å². The van der Waals surface area contributed by atoms with E-state index in [9.17, 15) is 19.7 Å². The number of carbonyl (C=O) groups is 2. The predicted octanol–water partition coefficient (Wildman–Crippen LogP) is 1.79. The zero-order chi connectivity index (χ0) is 15.8. The van der Waals surface area contributed by atoms with Crippen molar-refractivity contribution in [3.8, 4) is 0 Å². The van der Waals surface area contributed by atoms with Gasteiger partial charge in [0, 0.05) is 30.8 Å². The van der Waals surface area contributed by atoms with Gasteiger partial charge in [0.15, 0.2) is 0 Å². The third-order valence-electron chi connectivity index (χ3n) is 2.78. The number of ether oxygens (including phenoxy) is 1. The van der Waals surface area contributed by atoms with E-state index in [2.05, 4.69) is 11.3 Å². The average molecular weight is 292 g/mol. The molecule has 0 spiro atoms. The second-order valence-electron chi connectivity index (χ2n) is 4.17. The van der Waals surface area contributed by atoms with Crippen LogP contribution >= 0.6 is 0 Å². The van der Waals surface area contributed by atoms with Gasteiger partial charge in [-0.15, -0.1) is 6.58 Å². The van der Waals surface area contributed by atoms with Crippen LogP contribution in [0, 0.1) is 10.1 Å². The van der Waals surface area contributed by atoms with Gasteiger partial charge in [-0.3, -0.25) is 19.7 Å². The number of benzene rings is 1. The first kappa shape index (κ1) is 16.4. The Labute approximate surface area is 122 Å². The summed E-state index contributed by atoms with van der Waals surface area (Å²) >= 11 is 0. The Morgan fingerprint density at radius 3 is 2.48 bits per heavy atom. The van der Waals surface area contributed by atoms with Crippen molar-refractivity contribution in [1.82, 2.24) is 4.90 Å². The van der Waals surface area contributed by atoms with Gasteiger partial charge >= 0.3 is 5.97 Å². The Kier molecular flexibility index (Phi) is 6.06. The molecule has 1 amide bonds. The van der Waals surface area contributed by atoms with Gasteiger partial charge in [0.1, 0.15) is 0 Å². The Balaban J connectivity index is 2.81. The summed E-state index contributed by atoms with van der Waals surface area (Å²) < 4.78 is 4.53. The minimum absolute atomic E-state index is 0.0725. The Hall–Kier alpha value is -2.70. The maximum absolute atomic E-state index is 12.3. The van der Waals surface area contributed by atoms with Crippen molar-refractivity contribution >= 4 is 17.6 Å². The summed E-state index contributed by atoms with van der Waals surface area (Å²) in [6.45, 7) is 4.02. The lowest BCUT2D eigenvalue weighted by molar-refractivity contribution is -0.384. The number of amides is 1. The van der Waals surface area contributed by atoms with Crippen molar-refractivity contribution in [2.45, 2.75) is 6.42 Å². The van der Waals surface area contributed by atoms with Gasteiger partial charge in [-0.25, -0.2) is 0 Å². The number of rotatable bonds is 7. The lowest BCUT2D eigenvalue weighted by Crippen LogP contribution is -2.33. The highest BCUT2D eigenvalue weighted by Crippen LogP contribution is 2.14. The number of non-ortho nitro benzene ring substituents is 1. The molecular formula is C14H16N2O5. The van der Waals surface area contributed by atoms with E-state index in [0.29, 0.717) is 5.56 Å². The summed E-state index contributed by atoms with van der Waals surface area (Å²) in [5.74, 6) is -0.741. The van der Waals surface area contributed by atoms with Gasteiger partial charge in [0.2, 0.25) is 0 Å². The van der Waals surface area contributed by atoms with Gasteiger partial charge in [-0.05, 0) is 12.1 Å². The molecule has 21 heavy (non-hydrogen) atoms. The Morgan fingerprint density at radius 1 is 1.38 bits per heavy atom. The molecule has 7 heteroatoms. The maximum atomic E-state index is 12.3. The standard InChI is InChI=1S/C14H16N2O5/c1-3-9-15(10-8-13(17)21-2)14(18)11-4-6-12(7-5-11)16(19)20/h3-7H,1,8-10H2,2H3. The molecule has 1 aromatic rings. The molecule has 0 saturated carbocycles. The molecule has 0 aliphatic carbocycles. The molecule has 0 radical (unpaired) electrons. The molecule has 7 nitrogen and oxygen atoms in total. The number of hydrogen-bond donors (Lipinski definition) is 0. The maximum Gasteiger partial charge on any atom is 0.307 e. The van der Waals surface area contributed by atoms with E-state index >= 15 is 0 Å². The second kappa shape index (κ2) is 7.78. The van der Waals surface area contributed by atoms with Crippen LogP contribution in [0.5, 0.6) is 0 Å². The van der Waals surface area contributed by atoms with E-state index < -0.39 is 10.9 Å². The SMILES string of the molecule is C=CCN(CCC(=O)OC)C(=O)c1ccc([N+](=O)[O-])cc1. The molecule has 1 rings (SSSR count). The molecule has 0 aliphatic heterocycles. The summed E-state index contributed by atoms with van der Waals surface area (Å²) in [7, 11) is 1.28. The summed E-state index contributed by atoms with van der Waals surface area (Å²) in [6.07, 6.45) is 1.61. The highest BCUT2D eigenvalue weighted by atomic mass is 16.6. The fraction of sp³-hybridized carbons (Fsp3) is 0.286. The molecular weight excluding hydrogens is 276 g/mol. The smallest absolute Gasteiger partial charge is 0.307 e. The number of esters is 1. The summed E-state index contributed by atoms with van der Waals surface area (Å²) in [6, 6.07) is 5.29. The van der Waals surface area contributed by atoms with Gasteiger partial charge < -0.3 is 9.64 Å². The lowest BCUT2D eigenvalue weighted by atomic mass is 10.1. The number of carbonyl (C=O) groups excluding carboxylic acids is 2. The highest BCUT2D eigenvalue weighted by molar-refractivity contribution is 5.94. The van der Waals surface area contributed by atoms with Crippen molar-refractivity contribution in [2.24, 2.45) is 0 Å². The molecule has 0 N–H and O–H groups in total. The van der Waals surface area contributed by atoms with Crippen LogP contribution in [0.3, 0.4) is 0 Å². The van der Waals surface area contributed by atoms with E-state index in [1.165, 1.54) is 36.3 Å². The van der Waals surface area contributed by atoms with Crippen LogP contribution in [0.15, 0.2) is 36.9 Å². The largest absolute Gasteiger partial charge is 0.469 e. The van der Waals surface area contributed by atoms with E-state index in [0.717, 1.165) is 0 Å². The normalized spacial score (nSPS) is 9.76. The van der Waals surface area contributed by atoms with Crippen molar-refractivity contribution < 1.29 is 19.2 Å². The van der Waals surface area contributed by atoms with Crippen LogP contribution in [0.4, 0.5) is 5.69 Å².